The van der Waals surface area contributed by atoms with Crippen LogP contribution in [0.15, 0.2) is 47.7 Å². The molecule has 0 bridgehead atoms. The van der Waals surface area contributed by atoms with Gasteiger partial charge in [0.1, 0.15) is 5.54 Å². The van der Waals surface area contributed by atoms with E-state index >= 15 is 0 Å². The third-order valence-electron chi connectivity index (χ3n) is 7.61. The second kappa shape index (κ2) is 6.91. The fourth-order valence-electron chi connectivity index (χ4n) is 5.83. The molecule has 1 fully saturated rings. The molecule has 1 unspecified atom stereocenters. The normalized spacial score (nSPS) is 30.6. The highest BCUT2D eigenvalue weighted by Crippen LogP contribution is 2.62. The highest BCUT2D eigenvalue weighted by atomic mass is 16.5. The van der Waals surface area contributed by atoms with Gasteiger partial charge in [0.2, 0.25) is 5.91 Å². The van der Waals surface area contributed by atoms with Crippen molar-refractivity contribution in [2.45, 2.75) is 50.2 Å². The van der Waals surface area contributed by atoms with Crippen LogP contribution in [-0.2, 0) is 21.5 Å². The summed E-state index contributed by atoms with van der Waals surface area (Å²) < 4.78 is 5.64. The summed E-state index contributed by atoms with van der Waals surface area (Å²) in [6.07, 6.45) is 9.17. The van der Waals surface area contributed by atoms with Gasteiger partial charge in [-0.1, -0.05) is 18.2 Å². The fourth-order valence-corrected chi connectivity index (χ4v) is 5.83. The zero-order valence-electron chi connectivity index (χ0n) is 17.6. The van der Waals surface area contributed by atoms with Gasteiger partial charge in [-0.15, -0.1) is 0 Å². The van der Waals surface area contributed by atoms with Crippen molar-refractivity contribution in [3.63, 3.8) is 0 Å². The summed E-state index contributed by atoms with van der Waals surface area (Å²) in [6.45, 7) is 0. The Morgan fingerprint density at radius 2 is 1.97 bits per heavy atom. The van der Waals surface area contributed by atoms with Crippen LogP contribution in [0.1, 0.15) is 43.2 Å². The zero-order valence-corrected chi connectivity index (χ0v) is 17.6. The standard InChI is InChI=1S/C24H28N4O2/c1-28-21(29)14-24(27-22(28)25)20-12-16(18-4-3-11-26-15-18)5-6-17(20)13-23(24)9-7-19(30-2)8-10-23/h3-6,11-12,15,19H,7-10,13-14H2,1-2H3,(H2,25,27)/t19-,23+,24?. The smallest absolute Gasteiger partial charge is 0.231 e. The van der Waals surface area contributed by atoms with Gasteiger partial charge >= 0.3 is 0 Å². The van der Waals surface area contributed by atoms with Gasteiger partial charge in [-0.05, 0) is 66.5 Å². The lowest BCUT2D eigenvalue weighted by Crippen LogP contribution is -2.54. The minimum atomic E-state index is -0.604. The predicted molar refractivity (Wildman–Crippen MR) is 116 cm³/mol. The molecule has 156 valence electrons. The van der Waals surface area contributed by atoms with Crippen LogP contribution in [0.2, 0.25) is 0 Å². The summed E-state index contributed by atoms with van der Waals surface area (Å²) in [5, 5.41) is 0. The monoisotopic (exact) mass is 404 g/mol. The van der Waals surface area contributed by atoms with Gasteiger partial charge in [-0.3, -0.25) is 14.7 Å². The summed E-state index contributed by atoms with van der Waals surface area (Å²) in [5.41, 5.74) is 10.2. The SMILES string of the molecule is CO[C@H]1CC[C@@]2(CC1)Cc1ccc(-c3cccnc3)cc1C21CC(=O)N(C)C(N)=N1. The van der Waals surface area contributed by atoms with Crippen LogP contribution in [0, 0.1) is 5.41 Å². The first-order valence-corrected chi connectivity index (χ1v) is 10.7. The lowest BCUT2D eigenvalue weighted by Gasteiger charge is -2.49. The van der Waals surface area contributed by atoms with Gasteiger partial charge in [-0.25, -0.2) is 4.99 Å². The number of guanidine groups is 1. The molecule has 1 aliphatic heterocycles. The number of rotatable bonds is 2. The summed E-state index contributed by atoms with van der Waals surface area (Å²) in [5.74, 6) is 0.356. The van der Waals surface area contributed by atoms with E-state index in [0.717, 1.165) is 48.8 Å². The quantitative estimate of drug-likeness (QED) is 0.833. The summed E-state index contributed by atoms with van der Waals surface area (Å²) in [7, 11) is 3.50. The van der Waals surface area contributed by atoms with Crippen molar-refractivity contribution in [2.75, 3.05) is 14.2 Å². The molecule has 1 aromatic carbocycles. The van der Waals surface area contributed by atoms with Crippen LogP contribution in [0.5, 0.6) is 0 Å². The Labute approximate surface area is 177 Å². The molecular formula is C24H28N4O2. The fraction of sp³-hybridized carbons (Fsp3) is 0.458. The van der Waals surface area contributed by atoms with Gasteiger partial charge in [0.15, 0.2) is 5.96 Å². The van der Waals surface area contributed by atoms with E-state index in [1.807, 2.05) is 12.3 Å². The zero-order chi connectivity index (χ0) is 20.9. The molecule has 2 spiro atoms. The van der Waals surface area contributed by atoms with Crippen LogP contribution in [0.4, 0.5) is 0 Å². The van der Waals surface area contributed by atoms with E-state index in [1.54, 1.807) is 20.4 Å². The Balaban J connectivity index is 1.67. The number of pyridine rings is 1. The van der Waals surface area contributed by atoms with Crippen molar-refractivity contribution >= 4 is 11.9 Å². The van der Waals surface area contributed by atoms with Crippen molar-refractivity contribution in [1.82, 2.24) is 9.88 Å². The number of carbonyl (C=O) groups excluding carboxylic acids is 1. The van der Waals surface area contributed by atoms with Gasteiger partial charge in [-0.2, -0.15) is 0 Å². The van der Waals surface area contributed by atoms with Crippen LogP contribution < -0.4 is 5.73 Å². The minimum Gasteiger partial charge on any atom is -0.381 e. The van der Waals surface area contributed by atoms with E-state index in [4.69, 9.17) is 15.5 Å². The van der Waals surface area contributed by atoms with E-state index in [0.29, 0.717) is 12.4 Å². The van der Waals surface area contributed by atoms with Gasteiger partial charge in [0.25, 0.3) is 0 Å². The number of aliphatic imine (C=N–C) groups is 1. The summed E-state index contributed by atoms with van der Waals surface area (Å²) >= 11 is 0. The number of methoxy groups -OCH3 is 1. The number of nitrogens with zero attached hydrogens (tertiary/aromatic N) is 3. The number of benzene rings is 1. The van der Waals surface area contributed by atoms with Crippen molar-refractivity contribution in [3.8, 4) is 11.1 Å². The van der Waals surface area contributed by atoms with Gasteiger partial charge in [0, 0.05) is 32.0 Å². The Kier molecular flexibility index (Phi) is 4.43. The second-order valence-corrected chi connectivity index (χ2v) is 8.97. The molecular weight excluding hydrogens is 376 g/mol. The molecule has 6 nitrogen and oxygen atoms in total. The number of hydrogen-bond acceptors (Lipinski definition) is 5. The second-order valence-electron chi connectivity index (χ2n) is 8.97. The Morgan fingerprint density at radius 1 is 1.17 bits per heavy atom. The first-order chi connectivity index (χ1) is 14.5. The average molecular weight is 405 g/mol. The van der Waals surface area contributed by atoms with Crippen molar-refractivity contribution < 1.29 is 9.53 Å². The third kappa shape index (κ3) is 2.70. The van der Waals surface area contributed by atoms with Gasteiger partial charge < -0.3 is 10.5 Å². The molecule has 2 aromatic rings. The third-order valence-corrected chi connectivity index (χ3v) is 7.61. The highest BCUT2D eigenvalue weighted by molar-refractivity contribution is 5.99. The molecule has 0 radical (unpaired) electrons. The van der Waals surface area contributed by atoms with Crippen molar-refractivity contribution in [3.05, 3.63) is 53.9 Å². The average Bonchev–Trinajstić information content (AvgIpc) is 3.01. The van der Waals surface area contributed by atoms with E-state index < -0.39 is 5.54 Å². The van der Waals surface area contributed by atoms with Gasteiger partial charge in [0.05, 0.1) is 12.5 Å². The number of ether oxygens (including phenoxy) is 1. The number of fused-ring (bicyclic) bond motifs is 3. The summed E-state index contributed by atoms with van der Waals surface area (Å²) in [4.78, 5) is 23.9. The number of amides is 1. The molecule has 1 atom stereocenters. The summed E-state index contributed by atoms with van der Waals surface area (Å²) in [6, 6.07) is 10.6. The molecule has 6 heteroatoms. The number of nitrogens with two attached hydrogens (primary N) is 1. The van der Waals surface area contributed by atoms with E-state index in [1.165, 1.54) is 10.5 Å². The molecule has 1 amide bonds. The van der Waals surface area contributed by atoms with E-state index in [2.05, 4.69) is 29.2 Å². The van der Waals surface area contributed by atoms with E-state index in [-0.39, 0.29) is 17.4 Å². The lowest BCUT2D eigenvalue weighted by atomic mass is 9.60. The molecule has 3 aliphatic rings. The van der Waals surface area contributed by atoms with Crippen molar-refractivity contribution in [2.24, 2.45) is 16.1 Å². The largest absolute Gasteiger partial charge is 0.381 e. The Morgan fingerprint density at radius 3 is 2.63 bits per heavy atom. The maximum Gasteiger partial charge on any atom is 0.231 e. The minimum absolute atomic E-state index is 0.0374. The Hall–Kier alpha value is -2.73. The van der Waals surface area contributed by atoms with Crippen molar-refractivity contribution in [1.29, 1.82) is 0 Å². The first kappa shape index (κ1) is 19.2. The van der Waals surface area contributed by atoms with Crippen LogP contribution in [0.3, 0.4) is 0 Å². The Bertz CT molecular complexity index is 1010. The van der Waals surface area contributed by atoms with Crippen LogP contribution >= 0.6 is 0 Å². The molecule has 5 rings (SSSR count). The number of aromatic nitrogens is 1. The number of hydrogen-bond donors (Lipinski definition) is 1. The molecule has 0 saturated heterocycles. The molecule has 1 aromatic heterocycles. The molecule has 2 aliphatic carbocycles. The maximum atomic E-state index is 13.0. The molecule has 2 heterocycles. The molecule has 30 heavy (non-hydrogen) atoms. The van der Waals surface area contributed by atoms with Crippen LogP contribution in [-0.4, -0.2) is 42.0 Å². The maximum absolute atomic E-state index is 13.0. The topological polar surface area (TPSA) is 80.8 Å². The van der Waals surface area contributed by atoms with E-state index in [9.17, 15) is 4.79 Å². The first-order valence-electron chi connectivity index (χ1n) is 10.7. The molecule has 2 N–H and O–H groups in total. The number of carbonyl (C=O) groups is 1. The predicted octanol–water partition coefficient (Wildman–Crippen LogP) is 3.25. The lowest BCUT2D eigenvalue weighted by molar-refractivity contribution is -0.131. The highest BCUT2D eigenvalue weighted by Gasteiger charge is 2.61. The van der Waals surface area contributed by atoms with Crippen LogP contribution in [0.25, 0.3) is 11.1 Å². The molecule has 1 saturated carbocycles.